The topological polar surface area (TPSA) is 61.6 Å². The molecule has 1 saturated heterocycles. The summed E-state index contributed by atoms with van der Waals surface area (Å²) in [5, 5.41) is 0. The van der Waals surface area contributed by atoms with Crippen LogP contribution in [0, 0.1) is 11.8 Å². The van der Waals surface area contributed by atoms with Crippen LogP contribution in [0.3, 0.4) is 0 Å². The molecule has 1 heterocycles. The van der Waals surface area contributed by atoms with Crippen molar-refractivity contribution in [3.8, 4) is 0 Å². The second-order valence-electron chi connectivity index (χ2n) is 4.55. The molecule has 2 aliphatic rings. The largest absolute Gasteiger partial charge is 0.464 e. The molecule has 0 aromatic carbocycles. The van der Waals surface area contributed by atoms with E-state index >= 15 is 0 Å². The summed E-state index contributed by atoms with van der Waals surface area (Å²) >= 11 is 0. The SMILES string of the molecule is NC(C(=O)OCC1CCOCC1)C1CC1. The van der Waals surface area contributed by atoms with Gasteiger partial charge in [0, 0.05) is 13.2 Å². The van der Waals surface area contributed by atoms with E-state index in [0.29, 0.717) is 18.4 Å². The summed E-state index contributed by atoms with van der Waals surface area (Å²) in [6.07, 6.45) is 4.14. The van der Waals surface area contributed by atoms with Crippen molar-refractivity contribution in [2.24, 2.45) is 17.6 Å². The van der Waals surface area contributed by atoms with Gasteiger partial charge in [-0.05, 0) is 37.5 Å². The predicted octanol–water partition coefficient (Wildman–Crippen LogP) is 0.693. The van der Waals surface area contributed by atoms with E-state index in [1.54, 1.807) is 0 Å². The minimum absolute atomic E-state index is 0.219. The second-order valence-corrected chi connectivity index (χ2v) is 4.55. The van der Waals surface area contributed by atoms with Crippen LogP contribution in [0.4, 0.5) is 0 Å². The third-order valence-corrected chi connectivity index (χ3v) is 3.20. The number of hydrogen-bond donors (Lipinski definition) is 1. The van der Waals surface area contributed by atoms with E-state index in [4.69, 9.17) is 15.2 Å². The quantitative estimate of drug-likeness (QED) is 0.698. The third kappa shape index (κ3) is 3.18. The van der Waals surface area contributed by atoms with Gasteiger partial charge < -0.3 is 15.2 Å². The van der Waals surface area contributed by atoms with Gasteiger partial charge in [-0.2, -0.15) is 0 Å². The molecule has 0 radical (unpaired) electrons. The lowest BCUT2D eigenvalue weighted by molar-refractivity contribution is -0.148. The number of esters is 1. The molecule has 0 aromatic heterocycles. The number of carbonyl (C=O) groups is 1. The molecule has 1 saturated carbocycles. The summed E-state index contributed by atoms with van der Waals surface area (Å²) < 4.78 is 10.5. The van der Waals surface area contributed by atoms with Gasteiger partial charge in [-0.25, -0.2) is 0 Å². The van der Waals surface area contributed by atoms with Gasteiger partial charge in [0.1, 0.15) is 6.04 Å². The molecular weight excluding hydrogens is 194 g/mol. The lowest BCUT2D eigenvalue weighted by atomic mass is 10.0. The molecule has 1 aliphatic heterocycles. The zero-order valence-electron chi connectivity index (χ0n) is 8.98. The van der Waals surface area contributed by atoms with Gasteiger partial charge in [0.05, 0.1) is 6.61 Å². The van der Waals surface area contributed by atoms with Crippen LogP contribution in [-0.4, -0.2) is 31.8 Å². The summed E-state index contributed by atoms with van der Waals surface area (Å²) in [6, 6.07) is -0.384. The molecule has 0 spiro atoms. The van der Waals surface area contributed by atoms with Crippen LogP contribution in [0.25, 0.3) is 0 Å². The van der Waals surface area contributed by atoms with Crippen molar-refractivity contribution >= 4 is 5.97 Å². The van der Waals surface area contributed by atoms with Gasteiger partial charge in [0.15, 0.2) is 0 Å². The highest BCUT2D eigenvalue weighted by Crippen LogP contribution is 2.32. The number of hydrogen-bond acceptors (Lipinski definition) is 4. The molecule has 86 valence electrons. The number of ether oxygens (including phenoxy) is 2. The zero-order chi connectivity index (χ0) is 10.7. The minimum Gasteiger partial charge on any atom is -0.464 e. The first-order valence-corrected chi connectivity index (χ1v) is 5.77. The highest BCUT2D eigenvalue weighted by atomic mass is 16.5. The average Bonchev–Trinajstić information content (AvgIpc) is 3.10. The van der Waals surface area contributed by atoms with Crippen LogP contribution in [0.1, 0.15) is 25.7 Å². The van der Waals surface area contributed by atoms with E-state index < -0.39 is 0 Å². The van der Waals surface area contributed by atoms with Crippen molar-refractivity contribution in [2.75, 3.05) is 19.8 Å². The maximum atomic E-state index is 11.5. The normalized spacial score (nSPS) is 24.9. The highest BCUT2D eigenvalue weighted by molar-refractivity contribution is 5.76. The van der Waals surface area contributed by atoms with Gasteiger partial charge >= 0.3 is 5.97 Å². The fourth-order valence-electron chi connectivity index (χ4n) is 1.86. The Kier molecular flexibility index (Phi) is 3.59. The van der Waals surface area contributed by atoms with Crippen molar-refractivity contribution in [3.63, 3.8) is 0 Å². The predicted molar refractivity (Wildman–Crippen MR) is 55.2 cm³/mol. The standard InChI is InChI=1S/C11H19NO3/c12-10(9-1-2-9)11(13)15-7-8-3-5-14-6-4-8/h8-10H,1-7,12H2. The smallest absolute Gasteiger partial charge is 0.323 e. The monoisotopic (exact) mass is 213 g/mol. The second kappa shape index (κ2) is 4.94. The lowest BCUT2D eigenvalue weighted by Crippen LogP contribution is -2.35. The van der Waals surface area contributed by atoms with E-state index in [1.807, 2.05) is 0 Å². The summed E-state index contributed by atoms with van der Waals surface area (Å²) in [7, 11) is 0. The Hall–Kier alpha value is -0.610. The van der Waals surface area contributed by atoms with E-state index in [2.05, 4.69) is 0 Å². The molecule has 1 aliphatic carbocycles. The molecule has 1 atom stereocenters. The number of rotatable bonds is 4. The third-order valence-electron chi connectivity index (χ3n) is 3.20. The van der Waals surface area contributed by atoms with Crippen molar-refractivity contribution in [2.45, 2.75) is 31.7 Å². The Labute approximate surface area is 90.1 Å². The Morgan fingerprint density at radius 3 is 2.60 bits per heavy atom. The molecule has 4 heteroatoms. The molecule has 1 unspecified atom stereocenters. The zero-order valence-corrected chi connectivity index (χ0v) is 8.98. The molecule has 2 fully saturated rings. The van der Waals surface area contributed by atoms with Crippen LogP contribution >= 0.6 is 0 Å². The summed E-state index contributed by atoms with van der Waals surface area (Å²) in [4.78, 5) is 11.5. The molecule has 0 amide bonds. The van der Waals surface area contributed by atoms with Crippen LogP contribution in [0.2, 0.25) is 0 Å². The Balaban J connectivity index is 1.65. The molecule has 0 aromatic rings. The lowest BCUT2D eigenvalue weighted by Gasteiger charge is -2.22. The van der Waals surface area contributed by atoms with E-state index in [0.717, 1.165) is 38.9 Å². The fraction of sp³-hybridized carbons (Fsp3) is 0.909. The van der Waals surface area contributed by atoms with Gasteiger partial charge in [0.25, 0.3) is 0 Å². The minimum atomic E-state index is -0.384. The number of carbonyl (C=O) groups excluding carboxylic acids is 1. The molecule has 2 rings (SSSR count). The van der Waals surface area contributed by atoms with Crippen molar-refractivity contribution in [3.05, 3.63) is 0 Å². The Morgan fingerprint density at radius 1 is 1.33 bits per heavy atom. The van der Waals surface area contributed by atoms with Crippen LogP contribution in [0.5, 0.6) is 0 Å². The molecule has 2 N–H and O–H groups in total. The van der Waals surface area contributed by atoms with E-state index in [9.17, 15) is 4.79 Å². The summed E-state index contributed by atoms with van der Waals surface area (Å²) in [5.74, 6) is 0.630. The van der Waals surface area contributed by atoms with Crippen molar-refractivity contribution < 1.29 is 14.3 Å². The van der Waals surface area contributed by atoms with Crippen molar-refractivity contribution in [1.29, 1.82) is 0 Å². The fourth-order valence-corrected chi connectivity index (χ4v) is 1.86. The van der Waals surface area contributed by atoms with E-state index in [1.165, 1.54) is 0 Å². The van der Waals surface area contributed by atoms with Crippen molar-refractivity contribution in [1.82, 2.24) is 0 Å². The first-order valence-electron chi connectivity index (χ1n) is 5.77. The summed E-state index contributed by atoms with van der Waals surface area (Å²) in [6.45, 7) is 2.09. The highest BCUT2D eigenvalue weighted by Gasteiger charge is 2.34. The van der Waals surface area contributed by atoms with Crippen LogP contribution < -0.4 is 5.73 Å². The van der Waals surface area contributed by atoms with Gasteiger partial charge in [-0.1, -0.05) is 0 Å². The first-order chi connectivity index (χ1) is 7.27. The average molecular weight is 213 g/mol. The Bertz CT molecular complexity index is 222. The van der Waals surface area contributed by atoms with Gasteiger partial charge in [-0.3, -0.25) is 4.79 Å². The van der Waals surface area contributed by atoms with Crippen LogP contribution in [-0.2, 0) is 14.3 Å². The van der Waals surface area contributed by atoms with Gasteiger partial charge in [0.2, 0.25) is 0 Å². The maximum Gasteiger partial charge on any atom is 0.323 e. The maximum absolute atomic E-state index is 11.5. The van der Waals surface area contributed by atoms with Gasteiger partial charge in [-0.15, -0.1) is 0 Å². The molecule has 4 nitrogen and oxygen atoms in total. The first kappa shape index (κ1) is 10.9. The van der Waals surface area contributed by atoms with E-state index in [-0.39, 0.29) is 12.0 Å². The van der Waals surface area contributed by atoms with Crippen LogP contribution in [0.15, 0.2) is 0 Å². The summed E-state index contributed by atoms with van der Waals surface area (Å²) in [5.41, 5.74) is 5.74. The molecule has 0 bridgehead atoms. The molecule has 15 heavy (non-hydrogen) atoms. The Morgan fingerprint density at radius 2 is 2.00 bits per heavy atom. The molecular formula is C11H19NO3. The number of nitrogens with two attached hydrogens (primary N) is 1.